The first-order valence-corrected chi connectivity index (χ1v) is 5.72. The normalized spacial score (nSPS) is 14.6. The van der Waals surface area contributed by atoms with E-state index in [0.29, 0.717) is 41.0 Å². The van der Waals surface area contributed by atoms with E-state index in [-0.39, 0.29) is 0 Å². The minimum atomic E-state index is -1.13. The van der Waals surface area contributed by atoms with Gasteiger partial charge >= 0.3 is 0 Å². The highest BCUT2D eigenvalue weighted by Crippen LogP contribution is 2.48. The molecule has 1 N–H and O–H groups in total. The zero-order chi connectivity index (χ0) is 12.6. The van der Waals surface area contributed by atoms with Crippen LogP contribution in [0.25, 0.3) is 0 Å². The Morgan fingerprint density at radius 3 is 2.59 bits per heavy atom. The van der Waals surface area contributed by atoms with E-state index in [0.717, 1.165) is 0 Å². The molecule has 0 spiro atoms. The van der Waals surface area contributed by atoms with Crippen molar-refractivity contribution in [3.8, 4) is 17.2 Å². The van der Waals surface area contributed by atoms with Crippen molar-refractivity contribution >= 4 is 11.6 Å². The number of hydrogen-bond acceptors (Lipinski definition) is 4. The van der Waals surface area contributed by atoms with Crippen molar-refractivity contribution < 1.29 is 19.3 Å². The number of fused-ring (bicyclic) bond motifs is 1. The maximum absolute atomic E-state index is 10.2. The highest BCUT2D eigenvalue weighted by atomic mass is 35.5. The molecule has 1 heterocycles. The average Bonchev–Trinajstić information content (AvgIpc) is 2.26. The second kappa shape index (κ2) is 4.27. The lowest BCUT2D eigenvalue weighted by atomic mass is 9.96. The number of rotatable bonds is 2. The number of aliphatic hydroxyl groups is 1. The molecule has 0 saturated carbocycles. The molecule has 0 atom stereocenters. The molecule has 1 aliphatic heterocycles. The van der Waals surface area contributed by atoms with Gasteiger partial charge in [0.15, 0.2) is 11.5 Å². The lowest BCUT2D eigenvalue weighted by Crippen LogP contribution is -2.23. The third kappa shape index (κ3) is 2.15. The van der Waals surface area contributed by atoms with E-state index in [9.17, 15) is 5.11 Å². The van der Waals surface area contributed by atoms with E-state index in [1.807, 2.05) is 0 Å². The summed E-state index contributed by atoms with van der Waals surface area (Å²) < 4.78 is 16.2. The van der Waals surface area contributed by atoms with Crippen molar-refractivity contribution in [3.05, 3.63) is 16.7 Å². The van der Waals surface area contributed by atoms with Gasteiger partial charge in [0.2, 0.25) is 0 Å². The van der Waals surface area contributed by atoms with E-state index >= 15 is 0 Å². The summed E-state index contributed by atoms with van der Waals surface area (Å²) in [5.74, 6) is 1.51. The van der Waals surface area contributed by atoms with Gasteiger partial charge in [0, 0.05) is 6.07 Å². The largest absolute Gasteiger partial charge is 0.495 e. The molecule has 4 nitrogen and oxygen atoms in total. The molecule has 0 bridgehead atoms. The monoisotopic (exact) mass is 258 g/mol. The van der Waals surface area contributed by atoms with Crippen LogP contribution in [0, 0.1) is 0 Å². The second-order valence-electron chi connectivity index (χ2n) is 4.35. The Balaban J connectivity index is 2.68. The quantitative estimate of drug-likeness (QED) is 0.885. The fraction of sp³-hybridized carbons (Fsp3) is 0.500. The Morgan fingerprint density at radius 1 is 1.35 bits per heavy atom. The van der Waals surface area contributed by atoms with E-state index in [1.165, 1.54) is 7.11 Å². The molecule has 0 radical (unpaired) electrons. The molecular formula is C12H15ClO4. The van der Waals surface area contributed by atoms with Gasteiger partial charge < -0.3 is 19.3 Å². The predicted molar refractivity (Wildman–Crippen MR) is 64.2 cm³/mol. The number of ether oxygens (including phenoxy) is 3. The molecule has 0 saturated heterocycles. The SMILES string of the molecule is COc1cc2c(c(C(C)(C)O)c1Cl)OCCO2. The Labute approximate surface area is 105 Å². The third-order valence-electron chi connectivity index (χ3n) is 2.57. The predicted octanol–water partition coefficient (Wildman–Crippen LogP) is 2.35. The van der Waals surface area contributed by atoms with Crippen LogP contribution in [0.3, 0.4) is 0 Å². The fourth-order valence-corrected chi connectivity index (χ4v) is 2.28. The van der Waals surface area contributed by atoms with Gasteiger partial charge in [0.05, 0.1) is 23.3 Å². The Bertz CT molecular complexity index is 437. The molecule has 1 aromatic rings. The van der Waals surface area contributed by atoms with Crippen LogP contribution < -0.4 is 14.2 Å². The van der Waals surface area contributed by atoms with Crippen molar-refractivity contribution in [2.24, 2.45) is 0 Å². The standard InChI is InChI=1S/C12H15ClO4/c1-12(2,14)9-10(13)7(15-3)6-8-11(9)17-5-4-16-8/h6,14H,4-5H2,1-3H3. The maximum Gasteiger partial charge on any atom is 0.169 e. The summed E-state index contributed by atoms with van der Waals surface area (Å²) in [4.78, 5) is 0. The van der Waals surface area contributed by atoms with Crippen LogP contribution >= 0.6 is 11.6 Å². The number of benzene rings is 1. The zero-order valence-electron chi connectivity index (χ0n) is 10.0. The topological polar surface area (TPSA) is 47.9 Å². The summed E-state index contributed by atoms with van der Waals surface area (Å²) in [6, 6.07) is 1.67. The lowest BCUT2D eigenvalue weighted by Gasteiger charge is -2.28. The van der Waals surface area contributed by atoms with Gasteiger partial charge in [-0.3, -0.25) is 0 Å². The minimum Gasteiger partial charge on any atom is -0.495 e. The summed E-state index contributed by atoms with van der Waals surface area (Å²) in [7, 11) is 1.52. The molecule has 0 aromatic heterocycles. The number of halogens is 1. The Hall–Kier alpha value is -1.13. The van der Waals surface area contributed by atoms with Gasteiger partial charge in [-0.15, -0.1) is 0 Å². The maximum atomic E-state index is 10.2. The summed E-state index contributed by atoms with van der Waals surface area (Å²) in [5.41, 5.74) is -0.635. The fourth-order valence-electron chi connectivity index (χ4n) is 1.83. The van der Waals surface area contributed by atoms with Gasteiger partial charge in [0.25, 0.3) is 0 Å². The van der Waals surface area contributed by atoms with Crippen LogP contribution in [0.15, 0.2) is 6.07 Å². The van der Waals surface area contributed by atoms with Crippen molar-refractivity contribution in [1.29, 1.82) is 0 Å². The highest BCUT2D eigenvalue weighted by molar-refractivity contribution is 6.33. The molecule has 94 valence electrons. The van der Waals surface area contributed by atoms with Crippen LogP contribution in [-0.4, -0.2) is 25.4 Å². The molecule has 0 unspecified atom stereocenters. The second-order valence-corrected chi connectivity index (χ2v) is 4.73. The molecular weight excluding hydrogens is 244 g/mol. The van der Waals surface area contributed by atoms with Gasteiger partial charge in [-0.05, 0) is 13.8 Å². The van der Waals surface area contributed by atoms with E-state index in [1.54, 1.807) is 19.9 Å². The van der Waals surface area contributed by atoms with Crippen molar-refractivity contribution in [2.75, 3.05) is 20.3 Å². The van der Waals surface area contributed by atoms with Crippen molar-refractivity contribution in [3.63, 3.8) is 0 Å². The molecule has 5 heteroatoms. The summed E-state index contributed by atoms with van der Waals surface area (Å²) >= 11 is 6.21. The van der Waals surface area contributed by atoms with Gasteiger partial charge in [-0.2, -0.15) is 0 Å². The van der Waals surface area contributed by atoms with E-state index in [4.69, 9.17) is 25.8 Å². The Morgan fingerprint density at radius 2 is 2.00 bits per heavy atom. The zero-order valence-corrected chi connectivity index (χ0v) is 10.8. The van der Waals surface area contributed by atoms with Crippen molar-refractivity contribution in [2.45, 2.75) is 19.4 Å². The first-order chi connectivity index (χ1) is 7.95. The molecule has 0 aliphatic carbocycles. The van der Waals surface area contributed by atoms with Crippen LogP contribution in [-0.2, 0) is 5.60 Å². The molecule has 0 fully saturated rings. The minimum absolute atomic E-state index is 0.351. The van der Waals surface area contributed by atoms with Gasteiger partial charge in [-0.1, -0.05) is 11.6 Å². The third-order valence-corrected chi connectivity index (χ3v) is 2.94. The molecule has 17 heavy (non-hydrogen) atoms. The first-order valence-electron chi connectivity index (χ1n) is 5.34. The molecule has 0 amide bonds. The van der Waals surface area contributed by atoms with Crippen molar-refractivity contribution in [1.82, 2.24) is 0 Å². The summed E-state index contributed by atoms with van der Waals surface area (Å²) in [6.45, 7) is 4.21. The van der Waals surface area contributed by atoms with Crippen LogP contribution in [0.1, 0.15) is 19.4 Å². The number of methoxy groups -OCH3 is 1. The number of hydrogen-bond donors (Lipinski definition) is 1. The first kappa shape index (κ1) is 12.3. The molecule has 2 rings (SSSR count). The van der Waals surface area contributed by atoms with Gasteiger partial charge in [0.1, 0.15) is 19.0 Å². The highest BCUT2D eigenvalue weighted by Gasteiger charge is 2.31. The average molecular weight is 259 g/mol. The molecule has 1 aliphatic rings. The molecule has 1 aromatic carbocycles. The summed E-state index contributed by atoms with van der Waals surface area (Å²) in [5, 5.41) is 10.5. The van der Waals surface area contributed by atoms with Gasteiger partial charge in [-0.25, -0.2) is 0 Å². The van der Waals surface area contributed by atoms with Crippen LogP contribution in [0.2, 0.25) is 5.02 Å². The van der Waals surface area contributed by atoms with E-state index < -0.39 is 5.60 Å². The Kier molecular flexibility index (Phi) is 3.10. The van der Waals surface area contributed by atoms with E-state index in [2.05, 4.69) is 0 Å². The summed E-state index contributed by atoms with van der Waals surface area (Å²) in [6.07, 6.45) is 0. The van der Waals surface area contributed by atoms with Crippen LogP contribution in [0.5, 0.6) is 17.2 Å². The van der Waals surface area contributed by atoms with Crippen LogP contribution in [0.4, 0.5) is 0 Å². The lowest BCUT2D eigenvalue weighted by molar-refractivity contribution is 0.0700. The smallest absolute Gasteiger partial charge is 0.169 e.